The number of ether oxygens (including phenoxy) is 1. The van der Waals surface area contributed by atoms with Crippen LogP contribution in [0.1, 0.15) is 16.7 Å². The SMILES string of the molecule is COc1ccccc1C#CCNS(=O)(=O)c1ccc(C)c(C)c1. The minimum atomic E-state index is -3.55. The van der Waals surface area contributed by atoms with Gasteiger partial charge in [-0.15, -0.1) is 0 Å². The van der Waals surface area contributed by atoms with Crippen molar-refractivity contribution in [2.45, 2.75) is 18.7 Å². The Balaban J connectivity index is 2.09. The molecule has 0 aliphatic heterocycles. The number of sulfonamides is 1. The lowest BCUT2D eigenvalue weighted by Crippen LogP contribution is -2.24. The third kappa shape index (κ3) is 4.35. The second kappa shape index (κ2) is 7.32. The molecule has 0 spiro atoms. The topological polar surface area (TPSA) is 55.4 Å². The maximum absolute atomic E-state index is 12.2. The quantitative estimate of drug-likeness (QED) is 0.878. The molecule has 0 aliphatic rings. The first kappa shape index (κ1) is 17.1. The van der Waals surface area contributed by atoms with E-state index in [-0.39, 0.29) is 11.4 Å². The van der Waals surface area contributed by atoms with Gasteiger partial charge in [-0.3, -0.25) is 0 Å². The Hall–Kier alpha value is -2.29. The van der Waals surface area contributed by atoms with Crippen LogP contribution in [0.2, 0.25) is 0 Å². The lowest BCUT2D eigenvalue weighted by atomic mass is 10.1. The molecule has 1 N–H and O–H groups in total. The molecule has 0 aliphatic carbocycles. The van der Waals surface area contributed by atoms with Gasteiger partial charge >= 0.3 is 0 Å². The van der Waals surface area contributed by atoms with Gasteiger partial charge in [0, 0.05) is 0 Å². The Morgan fingerprint density at radius 3 is 2.52 bits per heavy atom. The first-order valence-corrected chi connectivity index (χ1v) is 8.61. The van der Waals surface area contributed by atoms with Crippen molar-refractivity contribution in [2.75, 3.05) is 13.7 Å². The molecule has 0 fully saturated rings. The van der Waals surface area contributed by atoms with Crippen LogP contribution in [-0.4, -0.2) is 22.1 Å². The van der Waals surface area contributed by atoms with Crippen molar-refractivity contribution in [3.63, 3.8) is 0 Å². The number of nitrogens with one attached hydrogen (secondary N) is 1. The van der Waals surface area contributed by atoms with Crippen LogP contribution in [0.5, 0.6) is 5.75 Å². The molecule has 0 unspecified atom stereocenters. The van der Waals surface area contributed by atoms with Crippen LogP contribution < -0.4 is 9.46 Å². The lowest BCUT2D eigenvalue weighted by molar-refractivity contribution is 0.413. The van der Waals surface area contributed by atoms with Crippen LogP contribution in [0.25, 0.3) is 0 Å². The molecule has 0 amide bonds. The summed E-state index contributed by atoms with van der Waals surface area (Å²) in [4.78, 5) is 0.250. The van der Waals surface area contributed by atoms with E-state index in [0.29, 0.717) is 5.75 Å². The average molecular weight is 329 g/mol. The van der Waals surface area contributed by atoms with E-state index in [0.717, 1.165) is 16.7 Å². The summed E-state index contributed by atoms with van der Waals surface area (Å²) in [6, 6.07) is 12.4. The predicted molar refractivity (Wildman–Crippen MR) is 91.0 cm³/mol. The minimum absolute atomic E-state index is 0.0350. The Kier molecular flexibility index (Phi) is 5.43. The molecule has 0 heterocycles. The molecule has 4 nitrogen and oxygen atoms in total. The van der Waals surface area contributed by atoms with Crippen molar-refractivity contribution in [3.8, 4) is 17.6 Å². The third-order valence-electron chi connectivity index (χ3n) is 3.47. The number of methoxy groups -OCH3 is 1. The lowest BCUT2D eigenvalue weighted by Gasteiger charge is -2.06. The summed E-state index contributed by atoms with van der Waals surface area (Å²) in [5.41, 5.74) is 2.72. The Morgan fingerprint density at radius 2 is 1.83 bits per heavy atom. The summed E-state index contributed by atoms with van der Waals surface area (Å²) in [7, 11) is -1.98. The molecule has 0 saturated carbocycles. The van der Waals surface area contributed by atoms with E-state index < -0.39 is 10.0 Å². The Bertz CT molecular complexity index is 861. The number of aryl methyl sites for hydroxylation is 2. The zero-order chi connectivity index (χ0) is 16.9. The van der Waals surface area contributed by atoms with Crippen molar-refractivity contribution < 1.29 is 13.2 Å². The van der Waals surface area contributed by atoms with E-state index in [1.807, 2.05) is 38.1 Å². The maximum Gasteiger partial charge on any atom is 0.241 e. The van der Waals surface area contributed by atoms with Crippen molar-refractivity contribution >= 4 is 10.0 Å². The van der Waals surface area contributed by atoms with E-state index in [4.69, 9.17) is 4.74 Å². The van der Waals surface area contributed by atoms with Crippen molar-refractivity contribution in [2.24, 2.45) is 0 Å². The molecule has 0 saturated heterocycles. The number of hydrogen-bond donors (Lipinski definition) is 1. The maximum atomic E-state index is 12.2. The Morgan fingerprint density at radius 1 is 1.09 bits per heavy atom. The van der Waals surface area contributed by atoms with Crippen molar-refractivity contribution in [1.29, 1.82) is 0 Å². The highest BCUT2D eigenvalue weighted by Gasteiger charge is 2.13. The second-order valence-corrected chi connectivity index (χ2v) is 6.84. The fourth-order valence-electron chi connectivity index (χ4n) is 1.98. The van der Waals surface area contributed by atoms with E-state index in [1.165, 1.54) is 0 Å². The van der Waals surface area contributed by atoms with Gasteiger partial charge in [0.05, 0.1) is 24.1 Å². The molecule has 0 atom stereocenters. The van der Waals surface area contributed by atoms with Gasteiger partial charge in [0.15, 0.2) is 0 Å². The van der Waals surface area contributed by atoms with Crippen LogP contribution in [-0.2, 0) is 10.0 Å². The van der Waals surface area contributed by atoms with Gasteiger partial charge in [0.25, 0.3) is 0 Å². The van der Waals surface area contributed by atoms with E-state index in [2.05, 4.69) is 16.6 Å². The molecule has 120 valence electrons. The summed E-state index contributed by atoms with van der Waals surface area (Å²) in [5.74, 6) is 6.38. The monoisotopic (exact) mass is 329 g/mol. The summed E-state index contributed by atoms with van der Waals surface area (Å²) in [6.07, 6.45) is 0. The fourth-order valence-corrected chi connectivity index (χ4v) is 2.99. The highest BCUT2D eigenvalue weighted by atomic mass is 32.2. The van der Waals surface area contributed by atoms with Crippen molar-refractivity contribution in [3.05, 3.63) is 59.2 Å². The fraction of sp³-hybridized carbons (Fsp3) is 0.222. The van der Waals surface area contributed by atoms with E-state index in [1.54, 1.807) is 25.3 Å². The van der Waals surface area contributed by atoms with E-state index >= 15 is 0 Å². The predicted octanol–water partition coefficient (Wildman–Crippen LogP) is 2.64. The van der Waals surface area contributed by atoms with Gasteiger partial charge in [-0.05, 0) is 49.2 Å². The molecule has 0 bridgehead atoms. The second-order valence-electron chi connectivity index (χ2n) is 5.07. The first-order chi connectivity index (χ1) is 10.9. The zero-order valence-electron chi connectivity index (χ0n) is 13.4. The standard InChI is InChI=1S/C18H19NO3S/c1-14-10-11-17(13-15(14)2)23(20,21)19-12-6-8-16-7-4-5-9-18(16)22-3/h4-5,7,9-11,13,19H,12H2,1-3H3. The average Bonchev–Trinajstić information content (AvgIpc) is 2.54. The summed E-state index contributed by atoms with van der Waals surface area (Å²) < 4.78 is 32.1. The highest BCUT2D eigenvalue weighted by Crippen LogP contribution is 2.16. The molecule has 23 heavy (non-hydrogen) atoms. The van der Waals surface area contributed by atoms with Crippen LogP contribution in [0, 0.1) is 25.7 Å². The molecule has 2 rings (SSSR count). The number of hydrogen-bond acceptors (Lipinski definition) is 3. The van der Waals surface area contributed by atoms with Crippen LogP contribution >= 0.6 is 0 Å². The number of rotatable bonds is 4. The first-order valence-electron chi connectivity index (χ1n) is 7.13. The van der Waals surface area contributed by atoms with Gasteiger partial charge in [-0.1, -0.05) is 30.0 Å². The smallest absolute Gasteiger partial charge is 0.241 e. The summed E-state index contributed by atoms with van der Waals surface area (Å²) in [6.45, 7) is 3.86. The van der Waals surface area contributed by atoms with Crippen LogP contribution in [0.15, 0.2) is 47.4 Å². The summed E-state index contributed by atoms with van der Waals surface area (Å²) in [5, 5.41) is 0. The zero-order valence-corrected chi connectivity index (χ0v) is 14.2. The molecule has 0 radical (unpaired) electrons. The summed E-state index contributed by atoms with van der Waals surface area (Å²) >= 11 is 0. The number of benzene rings is 2. The van der Waals surface area contributed by atoms with Gasteiger partial charge in [0.1, 0.15) is 5.75 Å². The molecular weight excluding hydrogens is 310 g/mol. The molecular formula is C18H19NO3S. The highest BCUT2D eigenvalue weighted by molar-refractivity contribution is 7.89. The van der Waals surface area contributed by atoms with Gasteiger partial charge < -0.3 is 4.74 Å². The Labute approximate surface area is 137 Å². The molecule has 2 aromatic rings. The third-order valence-corrected chi connectivity index (χ3v) is 4.87. The van der Waals surface area contributed by atoms with Crippen LogP contribution in [0.3, 0.4) is 0 Å². The largest absolute Gasteiger partial charge is 0.495 e. The molecule has 0 aromatic heterocycles. The van der Waals surface area contributed by atoms with Gasteiger partial charge in [-0.25, -0.2) is 8.42 Å². The van der Waals surface area contributed by atoms with Crippen molar-refractivity contribution in [1.82, 2.24) is 4.72 Å². The molecule has 5 heteroatoms. The van der Waals surface area contributed by atoms with Gasteiger partial charge in [-0.2, -0.15) is 4.72 Å². The minimum Gasteiger partial charge on any atom is -0.495 e. The van der Waals surface area contributed by atoms with Gasteiger partial charge in [0.2, 0.25) is 10.0 Å². The number of para-hydroxylation sites is 1. The van der Waals surface area contributed by atoms with Crippen LogP contribution in [0.4, 0.5) is 0 Å². The van der Waals surface area contributed by atoms with E-state index in [9.17, 15) is 8.42 Å². The normalized spacial score (nSPS) is 10.7. The molecule has 2 aromatic carbocycles.